The van der Waals surface area contributed by atoms with Gasteiger partial charge in [0.1, 0.15) is 12.1 Å². The van der Waals surface area contributed by atoms with Crippen LogP contribution in [0.3, 0.4) is 0 Å². The number of nitrogens with zero attached hydrogens (tertiary/aromatic N) is 2. The van der Waals surface area contributed by atoms with E-state index < -0.39 is 0 Å². The highest BCUT2D eigenvalue weighted by atomic mass is 16.5. The van der Waals surface area contributed by atoms with Crippen LogP contribution in [0.15, 0.2) is 43.0 Å². The molecule has 5 nitrogen and oxygen atoms in total. The van der Waals surface area contributed by atoms with Gasteiger partial charge in [0.05, 0.1) is 25.1 Å². The third-order valence-electron chi connectivity index (χ3n) is 2.93. The van der Waals surface area contributed by atoms with E-state index in [1.165, 1.54) is 6.33 Å². The lowest BCUT2D eigenvalue weighted by Gasteiger charge is -2.24. The predicted octanol–water partition coefficient (Wildman–Crippen LogP) is 1.93. The van der Waals surface area contributed by atoms with Crippen molar-refractivity contribution in [3.05, 3.63) is 48.5 Å². The SMILES string of the molecule is c1cc(Oc2cncnc2)cc([C@@H]2CNCCO2)c1. The van der Waals surface area contributed by atoms with Gasteiger partial charge in [0, 0.05) is 13.1 Å². The summed E-state index contributed by atoms with van der Waals surface area (Å²) in [6.07, 6.45) is 4.84. The van der Waals surface area contributed by atoms with E-state index in [4.69, 9.17) is 9.47 Å². The molecule has 1 aliphatic rings. The van der Waals surface area contributed by atoms with E-state index in [0.29, 0.717) is 5.75 Å². The lowest BCUT2D eigenvalue weighted by molar-refractivity contribution is 0.0276. The molecule has 2 heterocycles. The Hall–Kier alpha value is -1.98. The van der Waals surface area contributed by atoms with Gasteiger partial charge >= 0.3 is 0 Å². The second-order valence-electron chi connectivity index (χ2n) is 4.31. The predicted molar refractivity (Wildman–Crippen MR) is 70.1 cm³/mol. The molecule has 0 aliphatic carbocycles. The molecule has 1 aromatic heterocycles. The minimum Gasteiger partial charge on any atom is -0.454 e. The minimum atomic E-state index is 0.0873. The molecule has 1 fully saturated rings. The Morgan fingerprint density at radius 3 is 2.89 bits per heavy atom. The van der Waals surface area contributed by atoms with Gasteiger partial charge in [-0.3, -0.25) is 0 Å². The largest absolute Gasteiger partial charge is 0.454 e. The molecule has 0 saturated carbocycles. The third-order valence-corrected chi connectivity index (χ3v) is 2.93. The topological polar surface area (TPSA) is 56.3 Å². The van der Waals surface area contributed by atoms with Crippen LogP contribution in [0.25, 0.3) is 0 Å². The van der Waals surface area contributed by atoms with Crippen LogP contribution in [0.5, 0.6) is 11.5 Å². The van der Waals surface area contributed by atoms with Crippen molar-refractivity contribution in [1.29, 1.82) is 0 Å². The average Bonchev–Trinajstić information content (AvgIpc) is 2.49. The van der Waals surface area contributed by atoms with Gasteiger partial charge in [0.15, 0.2) is 5.75 Å². The normalized spacial score (nSPS) is 19.1. The number of nitrogens with one attached hydrogen (secondary N) is 1. The molecule has 3 rings (SSSR count). The van der Waals surface area contributed by atoms with Gasteiger partial charge < -0.3 is 14.8 Å². The zero-order valence-corrected chi connectivity index (χ0v) is 10.5. The van der Waals surface area contributed by atoms with Crippen LogP contribution in [-0.4, -0.2) is 29.7 Å². The second kappa shape index (κ2) is 5.77. The maximum absolute atomic E-state index is 5.73. The maximum Gasteiger partial charge on any atom is 0.163 e. The third kappa shape index (κ3) is 3.07. The molecule has 1 saturated heterocycles. The van der Waals surface area contributed by atoms with E-state index in [0.717, 1.165) is 31.0 Å². The second-order valence-corrected chi connectivity index (χ2v) is 4.31. The molecule has 0 bridgehead atoms. The van der Waals surface area contributed by atoms with Crippen LogP contribution >= 0.6 is 0 Å². The number of ether oxygens (including phenoxy) is 2. The molecule has 98 valence electrons. The highest BCUT2D eigenvalue weighted by Crippen LogP contribution is 2.25. The zero-order chi connectivity index (χ0) is 12.9. The smallest absolute Gasteiger partial charge is 0.163 e. The van der Waals surface area contributed by atoms with E-state index in [-0.39, 0.29) is 6.10 Å². The molecular weight excluding hydrogens is 242 g/mol. The van der Waals surface area contributed by atoms with Gasteiger partial charge in [-0.05, 0) is 17.7 Å². The highest BCUT2D eigenvalue weighted by molar-refractivity contribution is 5.33. The number of rotatable bonds is 3. The summed E-state index contributed by atoms with van der Waals surface area (Å²) in [5.74, 6) is 1.39. The molecule has 1 atom stereocenters. The van der Waals surface area contributed by atoms with Crippen LogP contribution in [-0.2, 0) is 4.74 Å². The first kappa shape index (κ1) is 12.1. The first-order valence-electron chi connectivity index (χ1n) is 6.27. The molecule has 5 heteroatoms. The van der Waals surface area contributed by atoms with Gasteiger partial charge in [-0.1, -0.05) is 12.1 Å². The Bertz CT molecular complexity index is 527. The number of aromatic nitrogens is 2. The van der Waals surface area contributed by atoms with Crippen molar-refractivity contribution in [3.8, 4) is 11.5 Å². The summed E-state index contributed by atoms with van der Waals surface area (Å²) in [4.78, 5) is 7.84. The summed E-state index contributed by atoms with van der Waals surface area (Å²) in [7, 11) is 0. The molecular formula is C14H15N3O2. The van der Waals surface area contributed by atoms with Crippen LogP contribution < -0.4 is 10.1 Å². The van der Waals surface area contributed by atoms with Gasteiger partial charge in [-0.15, -0.1) is 0 Å². The van der Waals surface area contributed by atoms with E-state index in [1.54, 1.807) is 12.4 Å². The Labute approximate surface area is 111 Å². The summed E-state index contributed by atoms with van der Waals surface area (Å²) < 4.78 is 11.4. The molecule has 0 spiro atoms. The van der Waals surface area contributed by atoms with Crippen LogP contribution in [0.1, 0.15) is 11.7 Å². The first-order chi connectivity index (χ1) is 9.42. The fraction of sp³-hybridized carbons (Fsp3) is 0.286. The molecule has 1 aliphatic heterocycles. The summed E-state index contributed by atoms with van der Waals surface area (Å²) in [5.41, 5.74) is 1.11. The lowest BCUT2D eigenvalue weighted by Crippen LogP contribution is -2.33. The number of hydrogen-bond acceptors (Lipinski definition) is 5. The maximum atomic E-state index is 5.73. The standard InChI is InChI=1S/C14H15N3O2/c1-2-11(14-9-15-4-5-18-14)6-12(3-1)19-13-7-16-10-17-8-13/h1-3,6-8,10,14-15H,4-5,9H2/t14-/m0/s1. The Morgan fingerprint density at radius 2 is 2.11 bits per heavy atom. The summed E-state index contributed by atoms with van der Waals surface area (Å²) >= 11 is 0. The zero-order valence-electron chi connectivity index (χ0n) is 10.5. The minimum absolute atomic E-state index is 0.0873. The average molecular weight is 257 g/mol. The van der Waals surface area contributed by atoms with Gasteiger partial charge in [0.2, 0.25) is 0 Å². The molecule has 0 radical (unpaired) electrons. The van der Waals surface area contributed by atoms with E-state index in [9.17, 15) is 0 Å². The van der Waals surface area contributed by atoms with Crippen molar-refractivity contribution in [2.75, 3.05) is 19.7 Å². The molecule has 1 aromatic carbocycles. The summed E-state index contributed by atoms with van der Waals surface area (Å²) in [6, 6.07) is 7.91. The van der Waals surface area contributed by atoms with Gasteiger partial charge in [-0.25, -0.2) is 9.97 Å². The molecule has 0 unspecified atom stereocenters. The van der Waals surface area contributed by atoms with E-state index in [2.05, 4.69) is 15.3 Å². The fourth-order valence-corrected chi connectivity index (χ4v) is 2.03. The van der Waals surface area contributed by atoms with Crippen molar-refractivity contribution in [2.45, 2.75) is 6.10 Å². The van der Waals surface area contributed by atoms with Crippen LogP contribution in [0, 0.1) is 0 Å². The highest BCUT2D eigenvalue weighted by Gasteiger charge is 2.15. The van der Waals surface area contributed by atoms with Crippen LogP contribution in [0.2, 0.25) is 0 Å². The number of hydrogen-bond donors (Lipinski definition) is 1. The Kier molecular flexibility index (Phi) is 3.67. The summed E-state index contributed by atoms with van der Waals surface area (Å²) in [5, 5.41) is 3.32. The van der Waals surface area contributed by atoms with E-state index >= 15 is 0 Å². The van der Waals surface area contributed by atoms with Crippen molar-refractivity contribution >= 4 is 0 Å². The van der Waals surface area contributed by atoms with Crippen molar-refractivity contribution in [1.82, 2.24) is 15.3 Å². The van der Waals surface area contributed by atoms with Gasteiger partial charge in [0.25, 0.3) is 0 Å². The van der Waals surface area contributed by atoms with E-state index in [1.807, 2.05) is 24.3 Å². The molecule has 2 aromatic rings. The molecule has 1 N–H and O–H groups in total. The van der Waals surface area contributed by atoms with Crippen molar-refractivity contribution < 1.29 is 9.47 Å². The van der Waals surface area contributed by atoms with Crippen molar-refractivity contribution in [3.63, 3.8) is 0 Å². The fourth-order valence-electron chi connectivity index (χ4n) is 2.03. The number of benzene rings is 1. The quantitative estimate of drug-likeness (QED) is 0.910. The van der Waals surface area contributed by atoms with Crippen LogP contribution in [0.4, 0.5) is 0 Å². The Morgan fingerprint density at radius 1 is 1.21 bits per heavy atom. The Balaban J connectivity index is 1.76. The van der Waals surface area contributed by atoms with Crippen molar-refractivity contribution in [2.24, 2.45) is 0 Å². The molecule has 0 amide bonds. The number of morpholine rings is 1. The molecule has 19 heavy (non-hydrogen) atoms. The first-order valence-corrected chi connectivity index (χ1v) is 6.27. The monoisotopic (exact) mass is 257 g/mol. The van der Waals surface area contributed by atoms with Gasteiger partial charge in [-0.2, -0.15) is 0 Å². The lowest BCUT2D eigenvalue weighted by atomic mass is 10.1. The summed E-state index contributed by atoms with van der Waals surface area (Å²) in [6.45, 7) is 2.48.